The number of alkyl carbamates (subject to hydrolysis) is 1. The smallest absolute Gasteiger partial charge is 0.407 e. The molecule has 0 aliphatic carbocycles. The molecule has 16 heteroatoms. The molecule has 3 unspecified atom stereocenters. The number of nitrogens with one attached hydrogen (secondary N) is 4. The van der Waals surface area contributed by atoms with Crippen LogP contribution in [0.4, 0.5) is 13.6 Å². The van der Waals surface area contributed by atoms with E-state index in [0.29, 0.717) is 43.6 Å². The molecule has 14 nitrogen and oxygen atoms in total. The number of aliphatic hydroxyl groups excluding tert-OH is 1. The lowest BCUT2D eigenvalue weighted by Crippen LogP contribution is -2.49. The van der Waals surface area contributed by atoms with Crippen LogP contribution < -0.4 is 27.0 Å². The van der Waals surface area contributed by atoms with E-state index < -0.39 is 71.2 Å². The van der Waals surface area contributed by atoms with Gasteiger partial charge in [-0.05, 0) is 81.7 Å². The van der Waals surface area contributed by atoms with Gasteiger partial charge in [0.25, 0.3) is 0 Å². The van der Waals surface area contributed by atoms with Crippen molar-refractivity contribution in [3.63, 3.8) is 0 Å². The van der Waals surface area contributed by atoms with Crippen molar-refractivity contribution < 1.29 is 42.6 Å². The van der Waals surface area contributed by atoms with Gasteiger partial charge in [-0.25, -0.2) is 13.6 Å². The van der Waals surface area contributed by atoms with Crippen molar-refractivity contribution in [2.24, 2.45) is 11.1 Å². The van der Waals surface area contributed by atoms with Crippen molar-refractivity contribution in [3.05, 3.63) is 83.7 Å². The van der Waals surface area contributed by atoms with E-state index in [9.17, 15) is 33.5 Å². The van der Waals surface area contributed by atoms with E-state index in [1.807, 2.05) is 55.7 Å². The average molecular weight is 826 g/mol. The molecule has 5 amide bonds. The molecule has 0 fully saturated rings. The maximum atomic E-state index is 15.1. The number of aromatic nitrogens is 1. The summed E-state index contributed by atoms with van der Waals surface area (Å²) < 4.78 is 36.5. The third-order valence-electron chi connectivity index (χ3n) is 9.26. The Morgan fingerprint density at radius 1 is 0.864 bits per heavy atom. The van der Waals surface area contributed by atoms with Crippen molar-refractivity contribution in [1.82, 2.24) is 30.7 Å². The van der Waals surface area contributed by atoms with Crippen molar-refractivity contribution in [2.45, 2.75) is 104 Å². The summed E-state index contributed by atoms with van der Waals surface area (Å²) in [7, 11) is 0. The summed E-state index contributed by atoms with van der Waals surface area (Å²) in [5.74, 6) is -3.19. The molecule has 3 atom stereocenters. The molecular formula is C43H61F2N7O7. The number of rotatable bonds is 20. The number of benzene rings is 2. The van der Waals surface area contributed by atoms with E-state index in [4.69, 9.17) is 10.5 Å². The van der Waals surface area contributed by atoms with Crippen molar-refractivity contribution >= 4 is 29.7 Å². The molecular weight excluding hydrogens is 765 g/mol. The SMILES string of the molecule is CC(=O)NC(CCCCNC(=O)OC(C)(C)C)C(=O)NCCNC(=O)C(N)CCN(C(=O)CO)C(c1cc(-c2cc(F)ccc2F)cn1Cc1ccccc1)C(C)(C)C. The molecule has 0 saturated carbocycles. The Hall–Kier alpha value is -5.35. The zero-order valence-corrected chi connectivity index (χ0v) is 35.2. The molecule has 0 saturated heterocycles. The maximum absolute atomic E-state index is 15.1. The van der Waals surface area contributed by atoms with Crippen LogP contribution >= 0.6 is 0 Å². The number of nitrogens with zero attached hydrogens (tertiary/aromatic N) is 2. The topological polar surface area (TPSA) is 197 Å². The van der Waals surface area contributed by atoms with E-state index >= 15 is 4.39 Å². The number of aliphatic hydroxyl groups is 1. The Kier molecular flexibility index (Phi) is 18.0. The van der Waals surface area contributed by atoms with Gasteiger partial charge in [0.15, 0.2) is 0 Å². The molecule has 1 heterocycles. The van der Waals surface area contributed by atoms with Gasteiger partial charge in [-0.1, -0.05) is 51.1 Å². The lowest BCUT2D eigenvalue weighted by Gasteiger charge is -2.41. The summed E-state index contributed by atoms with van der Waals surface area (Å²) in [4.78, 5) is 64.6. The number of unbranched alkanes of at least 4 members (excludes halogenated alkanes) is 1. The van der Waals surface area contributed by atoms with E-state index in [0.717, 1.165) is 23.8 Å². The summed E-state index contributed by atoms with van der Waals surface area (Å²) in [6, 6.07) is 11.8. The number of ether oxygens (including phenoxy) is 1. The standard InChI is InChI=1S/C43H61F2N7O7/c1-28(54)50-35(15-11-12-19-49-41(58)59-43(5,6)7)40(57)48-21-20-47-39(56)34(46)18-22-52(37(55)27-53)38(42(2,3)4)36-23-30(32-24-31(44)16-17-33(32)45)26-51(36)25-29-13-9-8-10-14-29/h8-10,13-14,16-17,23-24,26,34-35,38,53H,11-12,15,18-22,25,27,46H2,1-7H3,(H,47,56)(H,48,57)(H,49,58)(H,50,54). The van der Waals surface area contributed by atoms with Crippen LogP contribution in [0.2, 0.25) is 0 Å². The van der Waals surface area contributed by atoms with Gasteiger partial charge in [0.05, 0.1) is 12.1 Å². The van der Waals surface area contributed by atoms with Gasteiger partial charge in [-0.2, -0.15) is 0 Å². The second-order valence-electron chi connectivity index (χ2n) is 16.6. The van der Waals surface area contributed by atoms with Crippen LogP contribution in [0.1, 0.15) is 91.4 Å². The van der Waals surface area contributed by atoms with Gasteiger partial charge in [-0.15, -0.1) is 0 Å². The first-order valence-electron chi connectivity index (χ1n) is 19.8. The van der Waals surface area contributed by atoms with E-state index in [1.165, 1.54) is 11.8 Å². The van der Waals surface area contributed by atoms with E-state index in [2.05, 4.69) is 21.3 Å². The van der Waals surface area contributed by atoms with E-state index in [-0.39, 0.29) is 37.5 Å². The highest BCUT2D eigenvalue weighted by Crippen LogP contribution is 2.41. The van der Waals surface area contributed by atoms with Gasteiger partial charge < -0.3 is 46.3 Å². The van der Waals surface area contributed by atoms with Crippen LogP contribution in [0.15, 0.2) is 60.8 Å². The predicted octanol–water partition coefficient (Wildman–Crippen LogP) is 4.54. The fourth-order valence-electron chi connectivity index (χ4n) is 6.63. The fourth-order valence-corrected chi connectivity index (χ4v) is 6.63. The zero-order valence-electron chi connectivity index (χ0n) is 35.2. The summed E-state index contributed by atoms with van der Waals surface area (Å²) in [6.07, 6.45) is 2.57. The fraction of sp³-hybridized carbons (Fsp3) is 0.512. The lowest BCUT2D eigenvalue weighted by atomic mass is 9.82. The predicted molar refractivity (Wildman–Crippen MR) is 221 cm³/mol. The largest absolute Gasteiger partial charge is 0.444 e. The molecule has 3 aromatic rings. The minimum absolute atomic E-state index is 0.00861. The van der Waals surface area contributed by atoms with Gasteiger partial charge in [0, 0.05) is 62.7 Å². The molecule has 0 radical (unpaired) electrons. The summed E-state index contributed by atoms with van der Waals surface area (Å²) in [5.41, 5.74) is 7.00. The first-order valence-corrected chi connectivity index (χ1v) is 19.8. The number of hydrogen-bond donors (Lipinski definition) is 6. The zero-order chi connectivity index (χ0) is 43.9. The van der Waals surface area contributed by atoms with Crippen LogP contribution in [0.3, 0.4) is 0 Å². The van der Waals surface area contributed by atoms with Gasteiger partial charge >= 0.3 is 6.09 Å². The molecule has 2 aromatic carbocycles. The Morgan fingerprint density at radius 2 is 1.53 bits per heavy atom. The minimum Gasteiger partial charge on any atom is -0.444 e. The molecule has 1 aromatic heterocycles. The summed E-state index contributed by atoms with van der Waals surface area (Å²) in [6.45, 7) is 12.2. The van der Waals surface area contributed by atoms with Gasteiger partial charge in [0.1, 0.15) is 29.9 Å². The van der Waals surface area contributed by atoms with Crippen LogP contribution in [0.5, 0.6) is 0 Å². The normalized spacial score (nSPS) is 13.1. The third kappa shape index (κ3) is 15.7. The summed E-state index contributed by atoms with van der Waals surface area (Å²) >= 11 is 0. The Bertz CT molecular complexity index is 1880. The Morgan fingerprint density at radius 3 is 2.14 bits per heavy atom. The molecule has 0 bridgehead atoms. The number of nitrogens with two attached hydrogens (primary N) is 1. The van der Waals surface area contributed by atoms with Crippen molar-refractivity contribution in [1.29, 1.82) is 0 Å². The Balaban J connectivity index is 1.67. The van der Waals surface area contributed by atoms with Crippen LogP contribution in [-0.2, 0) is 30.5 Å². The molecule has 0 aliphatic rings. The number of hydrogen-bond acceptors (Lipinski definition) is 8. The highest BCUT2D eigenvalue weighted by molar-refractivity contribution is 5.87. The van der Waals surface area contributed by atoms with Gasteiger partial charge in [-0.3, -0.25) is 19.2 Å². The van der Waals surface area contributed by atoms with E-state index in [1.54, 1.807) is 33.0 Å². The van der Waals surface area contributed by atoms with Crippen molar-refractivity contribution in [2.75, 3.05) is 32.8 Å². The molecule has 7 N–H and O–H groups in total. The Labute approximate surface area is 345 Å². The third-order valence-corrected chi connectivity index (χ3v) is 9.26. The first kappa shape index (κ1) is 48.0. The minimum atomic E-state index is -1.07. The average Bonchev–Trinajstić information content (AvgIpc) is 3.55. The van der Waals surface area contributed by atoms with Crippen LogP contribution in [0, 0.1) is 17.0 Å². The second-order valence-corrected chi connectivity index (χ2v) is 16.6. The molecule has 0 aliphatic heterocycles. The van der Waals surface area contributed by atoms with Gasteiger partial charge in [0.2, 0.25) is 23.6 Å². The maximum Gasteiger partial charge on any atom is 0.407 e. The molecule has 3 rings (SSSR count). The molecule has 324 valence electrons. The molecule has 0 spiro atoms. The lowest BCUT2D eigenvalue weighted by molar-refractivity contribution is -0.140. The first-order chi connectivity index (χ1) is 27.7. The second kappa shape index (κ2) is 22.1. The van der Waals surface area contributed by atoms with Crippen LogP contribution in [-0.4, -0.2) is 94.8 Å². The summed E-state index contributed by atoms with van der Waals surface area (Å²) in [5, 5.41) is 20.8. The van der Waals surface area contributed by atoms with Crippen molar-refractivity contribution in [3.8, 4) is 11.1 Å². The number of carbonyl (C=O) groups is 5. The number of halogens is 2. The van der Waals surface area contributed by atoms with Crippen LogP contribution in [0.25, 0.3) is 11.1 Å². The highest BCUT2D eigenvalue weighted by Gasteiger charge is 2.37. The highest BCUT2D eigenvalue weighted by atomic mass is 19.1. The molecule has 59 heavy (non-hydrogen) atoms. The quantitative estimate of drug-likeness (QED) is 0.0894. The number of amides is 5. The number of carbonyl (C=O) groups excluding carboxylic acids is 5. The monoisotopic (exact) mass is 825 g/mol.